The predicted molar refractivity (Wildman–Crippen MR) is 54.0 cm³/mol. The zero-order chi connectivity index (χ0) is 9.10. The van der Waals surface area contributed by atoms with Gasteiger partial charge >= 0.3 is 0 Å². The normalized spacial score (nSPS) is 22.4. The van der Waals surface area contributed by atoms with E-state index in [1.807, 2.05) is 0 Å². The van der Waals surface area contributed by atoms with Crippen molar-refractivity contribution < 1.29 is 4.39 Å². The van der Waals surface area contributed by atoms with Crippen LogP contribution >= 0.6 is 11.3 Å². The minimum absolute atomic E-state index is 0.192. The molecule has 0 fully saturated rings. The number of halogens is 1. The van der Waals surface area contributed by atoms with E-state index in [1.165, 1.54) is 10.4 Å². The number of nitrogens with one attached hydrogen (secondary N) is 1. The van der Waals surface area contributed by atoms with Crippen molar-refractivity contribution in [1.82, 2.24) is 5.32 Å². The Labute approximate surface area is 82.0 Å². The van der Waals surface area contributed by atoms with E-state index in [2.05, 4.69) is 16.8 Å². The van der Waals surface area contributed by atoms with Crippen molar-refractivity contribution in [2.24, 2.45) is 0 Å². The monoisotopic (exact) mass is 199 g/mol. The summed E-state index contributed by atoms with van der Waals surface area (Å²) in [4.78, 5) is 1.41. The molecule has 1 aromatic rings. The maximum Gasteiger partial charge on any atom is 0.0900 e. The average molecular weight is 199 g/mol. The fourth-order valence-electron chi connectivity index (χ4n) is 1.89. The molecule has 0 saturated carbocycles. The Morgan fingerprint density at radius 1 is 1.62 bits per heavy atom. The lowest BCUT2D eigenvalue weighted by atomic mass is 9.99. The fourth-order valence-corrected chi connectivity index (χ4v) is 2.99. The molecule has 3 heteroatoms. The first-order chi connectivity index (χ1) is 6.42. The first-order valence-electron chi connectivity index (χ1n) is 4.74. The lowest BCUT2D eigenvalue weighted by Crippen LogP contribution is -2.12. The van der Waals surface area contributed by atoms with Crippen LogP contribution in [-0.4, -0.2) is 13.2 Å². The van der Waals surface area contributed by atoms with Gasteiger partial charge in [0.25, 0.3) is 0 Å². The summed E-state index contributed by atoms with van der Waals surface area (Å²) in [5, 5.41) is 5.48. The summed E-state index contributed by atoms with van der Waals surface area (Å²) in [6.07, 6.45) is 1.77. The zero-order valence-corrected chi connectivity index (χ0v) is 8.37. The lowest BCUT2D eigenvalue weighted by molar-refractivity contribution is 0.429. The van der Waals surface area contributed by atoms with Crippen LogP contribution in [0.3, 0.4) is 0 Å². The van der Waals surface area contributed by atoms with E-state index in [-0.39, 0.29) is 6.67 Å². The first kappa shape index (κ1) is 9.16. The molecule has 1 nitrogen and oxygen atoms in total. The van der Waals surface area contributed by atoms with Gasteiger partial charge in [0.15, 0.2) is 0 Å². The van der Waals surface area contributed by atoms with Gasteiger partial charge in [-0.05, 0) is 42.3 Å². The van der Waals surface area contributed by atoms with Crippen LogP contribution in [0.5, 0.6) is 0 Å². The highest BCUT2D eigenvalue weighted by atomic mass is 32.1. The number of rotatable bonds is 2. The van der Waals surface area contributed by atoms with Gasteiger partial charge in [-0.3, -0.25) is 4.39 Å². The highest BCUT2D eigenvalue weighted by Crippen LogP contribution is 2.32. The first-order valence-corrected chi connectivity index (χ1v) is 5.62. The van der Waals surface area contributed by atoms with Crippen LogP contribution in [0.4, 0.5) is 4.39 Å². The second kappa shape index (κ2) is 4.20. The average Bonchev–Trinajstić information content (AvgIpc) is 2.52. The Balaban J connectivity index is 2.20. The minimum atomic E-state index is -0.192. The van der Waals surface area contributed by atoms with E-state index < -0.39 is 0 Å². The van der Waals surface area contributed by atoms with Gasteiger partial charge < -0.3 is 5.32 Å². The molecule has 13 heavy (non-hydrogen) atoms. The SMILES string of the molecule is FCCC1CCNCc2ccsc21. The standard InChI is InChI=1S/C10H14FNS/c11-4-1-8-2-5-12-7-9-3-6-13-10(8)9/h3,6,8,12H,1-2,4-5,7H2. The molecule has 1 aliphatic heterocycles. The second-order valence-corrected chi connectivity index (χ2v) is 4.40. The van der Waals surface area contributed by atoms with Crippen LogP contribution in [0, 0.1) is 0 Å². The maximum absolute atomic E-state index is 12.3. The van der Waals surface area contributed by atoms with E-state index in [1.54, 1.807) is 11.3 Å². The van der Waals surface area contributed by atoms with Crippen LogP contribution in [0.1, 0.15) is 29.2 Å². The van der Waals surface area contributed by atoms with Crippen molar-refractivity contribution in [2.75, 3.05) is 13.2 Å². The molecule has 2 rings (SSSR count). The van der Waals surface area contributed by atoms with Gasteiger partial charge in [0.2, 0.25) is 0 Å². The Kier molecular flexibility index (Phi) is 2.96. The van der Waals surface area contributed by atoms with E-state index in [4.69, 9.17) is 0 Å². The molecule has 0 aromatic carbocycles. The molecule has 72 valence electrons. The van der Waals surface area contributed by atoms with Crippen molar-refractivity contribution in [3.63, 3.8) is 0 Å². The summed E-state index contributed by atoms with van der Waals surface area (Å²) in [5.74, 6) is 0.454. The molecule has 1 unspecified atom stereocenters. The van der Waals surface area contributed by atoms with Gasteiger partial charge in [0, 0.05) is 11.4 Å². The molecular weight excluding hydrogens is 185 g/mol. The molecule has 0 amide bonds. The quantitative estimate of drug-likeness (QED) is 0.772. The van der Waals surface area contributed by atoms with E-state index in [0.29, 0.717) is 12.3 Å². The summed E-state index contributed by atoms with van der Waals surface area (Å²) >= 11 is 1.78. The Bertz CT molecular complexity index is 272. The molecule has 0 spiro atoms. The van der Waals surface area contributed by atoms with Crippen LogP contribution in [0.25, 0.3) is 0 Å². The predicted octanol–water partition coefficient (Wildman–Crippen LogP) is 2.68. The molecule has 1 aromatic heterocycles. The maximum atomic E-state index is 12.3. The third-order valence-corrected chi connectivity index (χ3v) is 3.72. The molecule has 2 heterocycles. The van der Waals surface area contributed by atoms with Crippen molar-refractivity contribution in [1.29, 1.82) is 0 Å². The molecule has 0 saturated heterocycles. The van der Waals surface area contributed by atoms with E-state index >= 15 is 0 Å². The lowest BCUT2D eigenvalue weighted by Gasteiger charge is -2.11. The van der Waals surface area contributed by atoms with Gasteiger partial charge in [0.05, 0.1) is 6.67 Å². The van der Waals surface area contributed by atoms with Gasteiger partial charge in [-0.25, -0.2) is 0 Å². The molecule has 0 aliphatic carbocycles. The minimum Gasteiger partial charge on any atom is -0.313 e. The summed E-state index contributed by atoms with van der Waals surface area (Å²) in [6, 6.07) is 2.16. The molecule has 0 radical (unpaired) electrons. The third kappa shape index (κ3) is 1.92. The van der Waals surface area contributed by atoms with Gasteiger partial charge in [-0.1, -0.05) is 0 Å². The molecule has 1 atom stereocenters. The van der Waals surface area contributed by atoms with Crippen LogP contribution in [0.15, 0.2) is 11.4 Å². The zero-order valence-electron chi connectivity index (χ0n) is 7.55. The number of alkyl halides is 1. The van der Waals surface area contributed by atoms with Gasteiger partial charge in [-0.15, -0.1) is 11.3 Å². The fraction of sp³-hybridized carbons (Fsp3) is 0.600. The Morgan fingerprint density at radius 2 is 2.54 bits per heavy atom. The third-order valence-electron chi connectivity index (χ3n) is 2.59. The molecule has 1 N–H and O–H groups in total. The van der Waals surface area contributed by atoms with E-state index in [9.17, 15) is 4.39 Å². The van der Waals surface area contributed by atoms with Crippen molar-refractivity contribution in [2.45, 2.75) is 25.3 Å². The molecule has 1 aliphatic rings. The Hall–Kier alpha value is -0.410. The highest BCUT2D eigenvalue weighted by Gasteiger charge is 2.18. The van der Waals surface area contributed by atoms with Crippen LogP contribution in [-0.2, 0) is 6.54 Å². The highest BCUT2D eigenvalue weighted by molar-refractivity contribution is 7.10. The summed E-state index contributed by atoms with van der Waals surface area (Å²) in [6.45, 7) is 1.79. The molecular formula is C10H14FNS. The van der Waals surface area contributed by atoms with Crippen LogP contribution in [0.2, 0.25) is 0 Å². The number of hydrogen-bond donors (Lipinski definition) is 1. The number of thiophene rings is 1. The number of fused-ring (bicyclic) bond motifs is 1. The van der Waals surface area contributed by atoms with Crippen LogP contribution < -0.4 is 5.32 Å². The second-order valence-electron chi connectivity index (χ2n) is 3.45. The van der Waals surface area contributed by atoms with Crippen molar-refractivity contribution >= 4 is 11.3 Å². The topological polar surface area (TPSA) is 12.0 Å². The number of hydrogen-bond acceptors (Lipinski definition) is 2. The van der Waals surface area contributed by atoms with Gasteiger partial charge in [0.1, 0.15) is 0 Å². The summed E-state index contributed by atoms with van der Waals surface area (Å²) in [5.41, 5.74) is 1.38. The van der Waals surface area contributed by atoms with Crippen molar-refractivity contribution in [3.05, 3.63) is 21.9 Å². The molecule has 0 bridgehead atoms. The smallest absolute Gasteiger partial charge is 0.0900 e. The summed E-state index contributed by atoms with van der Waals surface area (Å²) < 4.78 is 12.3. The van der Waals surface area contributed by atoms with Crippen molar-refractivity contribution in [3.8, 4) is 0 Å². The Morgan fingerprint density at radius 3 is 3.38 bits per heavy atom. The van der Waals surface area contributed by atoms with E-state index in [0.717, 1.165) is 19.5 Å². The summed E-state index contributed by atoms with van der Waals surface area (Å²) in [7, 11) is 0. The largest absolute Gasteiger partial charge is 0.313 e. The van der Waals surface area contributed by atoms with Gasteiger partial charge in [-0.2, -0.15) is 0 Å².